The molecule has 3 rings (SSSR count). The molecule has 0 aliphatic carbocycles. The first-order valence-electron chi connectivity index (χ1n) is 8.32. The zero-order chi connectivity index (χ0) is 17.1. The summed E-state index contributed by atoms with van der Waals surface area (Å²) in [7, 11) is 1.89. The standard InChI is InChI=1S/C18H24N4O2.ClH/c1-4-24-14-5-6-17(12(2)7-14)21-18(23)16-10-19-9-15(16)13-8-20-22(3)11-13;/h5-8,11,15-16,19H,4,9-10H2,1-3H3,(H,21,23);1H/t15-,16+;/m1./s1. The highest BCUT2D eigenvalue weighted by atomic mass is 35.5. The number of benzene rings is 1. The van der Waals surface area contributed by atoms with Crippen molar-refractivity contribution < 1.29 is 9.53 Å². The molecular weight excluding hydrogens is 340 g/mol. The summed E-state index contributed by atoms with van der Waals surface area (Å²) < 4.78 is 7.27. The third kappa shape index (κ3) is 4.32. The lowest BCUT2D eigenvalue weighted by molar-refractivity contribution is -0.119. The van der Waals surface area contributed by atoms with Crippen LogP contribution < -0.4 is 15.4 Å². The maximum atomic E-state index is 12.8. The zero-order valence-electron chi connectivity index (χ0n) is 14.8. The topological polar surface area (TPSA) is 68.2 Å². The fraction of sp³-hybridized carbons (Fsp3) is 0.444. The Morgan fingerprint density at radius 3 is 2.88 bits per heavy atom. The summed E-state index contributed by atoms with van der Waals surface area (Å²) in [6, 6.07) is 5.74. The van der Waals surface area contributed by atoms with Crippen molar-refractivity contribution in [3.8, 4) is 5.75 Å². The number of aromatic nitrogens is 2. The summed E-state index contributed by atoms with van der Waals surface area (Å²) in [6.45, 7) is 6.04. The van der Waals surface area contributed by atoms with Crippen LogP contribution >= 0.6 is 12.4 Å². The third-order valence-electron chi connectivity index (χ3n) is 4.47. The fourth-order valence-electron chi connectivity index (χ4n) is 3.19. The molecule has 0 unspecified atom stereocenters. The number of ether oxygens (including phenoxy) is 1. The first-order valence-corrected chi connectivity index (χ1v) is 8.32. The number of carbonyl (C=O) groups excluding carboxylic acids is 1. The number of aryl methyl sites for hydroxylation is 2. The monoisotopic (exact) mass is 364 g/mol. The molecule has 25 heavy (non-hydrogen) atoms. The molecule has 1 aliphatic heterocycles. The van der Waals surface area contributed by atoms with Gasteiger partial charge in [0.1, 0.15) is 5.75 Å². The van der Waals surface area contributed by atoms with Crippen LogP contribution in [0.1, 0.15) is 24.0 Å². The average Bonchev–Trinajstić information content (AvgIpc) is 3.18. The Kier molecular flexibility index (Phi) is 6.45. The molecule has 6 nitrogen and oxygen atoms in total. The Morgan fingerprint density at radius 2 is 2.24 bits per heavy atom. The summed E-state index contributed by atoms with van der Waals surface area (Å²) in [4.78, 5) is 12.8. The number of amides is 1. The van der Waals surface area contributed by atoms with Gasteiger partial charge in [-0.1, -0.05) is 0 Å². The molecule has 0 bridgehead atoms. The summed E-state index contributed by atoms with van der Waals surface area (Å²) in [5.41, 5.74) is 2.93. The average molecular weight is 365 g/mol. The third-order valence-corrected chi connectivity index (χ3v) is 4.47. The number of hydrogen-bond acceptors (Lipinski definition) is 4. The van der Waals surface area contributed by atoms with Crippen molar-refractivity contribution in [3.05, 3.63) is 41.7 Å². The largest absolute Gasteiger partial charge is 0.494 e. The second kappa shape index (κ2) is 8.36. The van der Waals surface area contributed by atoms with Crippen LogP contribution in [0.15, 0.2) is 30.6 Å². The normalized spacial score (nSPS) is 19.3. The van der Waals surface area contributed by atoms with E-state index in [0.29, 0.717) is 13.2 Å². The Morgan fingerprint density at radius 1 is 1.44 bits per heavy atom. The SMILES string of the molecule is CCOc1ccc(NC(=O)[C@H]2CNC[C@@H]2c2cnn(C)c2)c(C)c1.Cl. The van der Waals surface area contributed by atoms with Gasteiger partial charge in [-0.05, 0) is 43.2 Å². The van der Waals surface area contributed by atoms with Crippen molar-refractivity contribution in [3.63, 3.8) is 0 Å². The molecular formula is C18H25ClN4O2. The molecule has 2 atom stereocenters. The summed E-state index contributed by atoms with van der Waals surface area (Å²) in [5, 5.41) is 10.6. The molecule has 2 N–H and O–H groups in total. The summed E-state index contributed by atoms with van der Waals surface area (Å²) in [6.07, 6.45) is 3.83. The molecule has 1 amide bonds. The number of hydrogen-bond donors (Lipinski definition) is 2. The number of rotatable bonds is 5. The summed E-state index contributed by atoms with van der Waals surface area (Å²) in [5.74, 6) is 0.923. The van der Waals surface area contributed by atoms with Gasteiger partial charge in [-0.15, -0.1) is 12.4 Å². The Labute approximate surface area is 154 Å². The Balaban J connectivity index is 0.00000225. The van der Waals surface area contributed by atoms with E-state index in [1.54, 1.807) is 4.68 Å². The molecule has 1 aliphatic rings. The highest BCUT2D eigenvalue weighted by Crippen LogP contribution is 2.29. The zero-order valence-corrected chi connectivity index (χ0v) is 15.6. The first-order chi connectivity index (χ1) is 11.6. The second-order valence-corrected chi connectivity index (χ2v) is 6.22. The maximum Gasteiger partial charge on any atom is 0.229 e. The van der Waals surface area contributed by atoms with Gasteiger partial charge in [-0.2, -0.15) is 5.10 Å². The van der Waals surface area contributed by atoms with Crippen molar-refractivity contribution in [2.75, 3.05) is 25.0 Å². The Bertz CT molecular complexity index is 732. The van der Waals surface area contributed by atoms with Crippen LogP contribution in [0.2, 0.25) is 0 Å². The van der Waals surface area contributed by atoms with Crippen LogP contribution in [-0.4, -0.2) is 35.4 Å². The minimum atomic E-state index is -0.0971. The predicted molar refractivity (Wildman–Crippen MR) is 101 cm³/mol. The van der Waals surface area contributed by atoms with Gasteiger partial charge in [0.25, 0.3) is 0 Å². The molecule has 1 aromatic heterocycles. The highest BCUT2D eigenvalue weighted by Gasteiger charge is 2.34. The lowest BCUT2D eigenvalue weighted by Crippen LogP contribution is -2.28. The molecule has 0 saturated carbocycles. The lowest BCUT2D eigenvalue weighted by atomic mass is 9.90. The maximum absolute atomic E-state index is 12.8. The van der Waals surface area contributed by atoms with E-state index in [1.807, 2.05) is 51.5 Å². The van der Waals surface area contributed by atoms with Gasteiger partial charge in [0.15, 0.2) is 0 Å². The molecule has 0 spiro atoms. The van der Waals surface area contributed by atoms with E-state index in [-0.39, 0.29) is 30.2 Å². The number of anilines is 1. The molecule has 1 fully saturated rings. The molecule has 0 radical (unpaired) electrons. The van der Waals surface area contributed by atoms with Crippen LogP contribution in [-0.2, 0) is 11.8 Å². The van der Waals surface area contributed by atoms with E-state index in [1.165, 1.54) is 0 Å². The van der Waals surface area contributed by atoms with Crippen LogP contribution in [0.3, 0.4) is 0 Å². The van der Waals surface area contributed by atoms with E-state index in [9.17, 15) is 4.79 Å². The summed E-state index contributed by atoms with van der Waals surface area (Å²) >= 11 is 0. The van der Waals surface area contributed by atoms with Crippen LogP contribution in [0.5, 0.6) is 5.75 Å². The van der Waals surface area contributed by atoms with E-state index < -0.39 is 0 Å². The molecule has 1 aromatic carbocycles. The lowest BCUT2D eigenvalue weighted by Gasteiger charge is -2.18. The quantitative estimate of drug-likeness (QED) is 0.855. The second-order valence-electron chi connectivity index (χ2n) is 6.22. The van der Waals surface area contributed by atoms with E-state index in [2.05, 4.69) is 15.7 Å². The number of nitrogens with one attached hydrogen (secondary N) is 2. The molecule has 136 valence electrons. The van der Waals surface area contributed by atoms with Crippen molar-refractivity contribution in [1.82, 2.24) is 15.1 Å². The van der Waals surface area contributed by atoms with Crippen LogP contribution in [0.4, 0.5) is 5.69 Å². The predicted octanol–water partition coefficient (Wildman–Crippen LogP) is 2.49. The number of carbonyl (C=O) groups is 1. The Hall–Kier alpha value is -2.05. The molecule has 7 heteroatoms. The van der Waals surface area contributed by atoms with Gasteiger partial charge in [-0.25, -0.2) is 0 Å². The van der Waals surface area contributed by atoms with Crippen molar-refractivity contribution in [2.45, 2.75) is 19.8 Å². The van der Waals surface area contributed by atoms with Crippen molar-refractivity contribution in [2.24, 2.45) is 13.0 Å². The van der Waals surface area contributed by atoms with Gasteiger partial charge in [0.2, 0.25) is 5.91 Å². The smallest absolute Gasteiger partial charge is 0.229 e. The minimum Gasteiger partial charge on any atom is -0.494 e. The van der Waals surface area contributed by atoms with Gasteiger partial charge in [0.05, 0.1) is 18.7 Å². The number of nitrogens with zero attached hydrogens (tertiary/aromatic N) is 2. The molecule has 2 heterocycles. The van der Waals surface area contributed by atoms with E-state index in [0.717, 1.165) is 29.1 Å². The van der Waals surface area contributed by atoms with Gasteiger partial charge < -0.3 is 15.4 Å². The van der Waals surface area contributed by atoms with Gasteiger partial charge in [-0.3, -0.25) is 9.48 Å². The van der Waals surface area contributed by atoms with E-state index >= 15 is 0 Å². The first kappa shape index (κ1) is 19.3. The van der Waals surface area contributed by atoms with Crippen molar-refractivity contribution in [1.29, 1.82) is 0 Å². The fourth-order valence-corrected chi connectivity index (χ4v) is 3.19. The van der Waals surface area contributed by atoms with Crippen LogP contribution in [0, 0.1) is 12.8 Å². The van der Waals surface area contributed by atoms with Gasteiger partial charge in [0, 0.05) is 37.9 Å². The molecule has 2 aromatic rings. The van der Waals surface area contributed by atoms with Gasteiger partial charge >= 0.3 is 0 Å². The number of halogens is 1. The molecule has 1 saturated heterocycles. The highest BCUT2D eigenvalue weighted by molar-refractivity contribution is 5.94. The minimum absolute atomic E-state index is 0. The van der Waals surface area contributed by atoms with Crippen LogP contribution in [0.25, 0.3) is 0 Å². The van der Waals surface area contributed by atoms with E-state index in [4.69, 9.17) is 4.74 Å². The van der Waals surface area contributed by atoms with Crippen molar-refractivity contribution >= 4 is 24.0 Å².